The normalized spacial score (nSPS) is 25.1. The number of carbonyl (C=O) groups is 3. The van der Waals surface area contributed by atoms with Crippen molar-refractivity contribution in [2.24, 2.45) is 11.3 Å². The molecule has 9 heteroatoms. The maximum Gasteiger partial charge on any atom is 0.347 e. The first-order valence-electron chi connectivity index (χ1n) is 7.81. The van der Waals surface area contributed by atoms with Gasteiger partial charge in [0.1, 0.15) is 12.0 Å². The maximum atomic E-state index is 12.5. The number of carboxylic acid groups (broad SMARTS) is 1. The average Bonchev–Trinajstić information content (AvgIpc) is 3.07. The second kappa shape index (κ2) is 6.15. The lowest BCUT2D eigenvalue weighted by Gasteiger charge is -2.24. The number of hydrogen-bond acceptors (Lipinski definition) is 5. The Morgan fingerprint density at radius 1 is 1.40 bits per heavy atom. The molecule has 0 aliphatic carbocycles. The fourth-order valence-corrected chi connectivity index (χ4v) is 3.56. The van der Waals surface area contributed by atoms with Crippen molar-refractivity contribution >= 4 is 17.8 Å². The Morgan fingerprint density at radius 3 is 2.76 bits per heavy atom. The molecule has 3 rings (SSSR count). The highest BCUT2D eigenvalue weighted by atomic mass is 16.4. The van der Waals surface area contributed by atoms with Crippen LogP contribution in [0, 0.1) is 11.3 Å². The molecule has 2 amide bonds. The lowest BCUT2D eigenvalue weighted by atomic mass is 9.81. The SMILES string of the molecule is C=CCN1C[C@]2(C(=O)O)CN(C(=O)Cn3cccnc3=O)C[C@@H]2C1=O. The van der Waals surface area contributed by atoms with E-state index in [0.717, 1.165) is 4.57 Å². The molecule has 9 nitrogen and oxygen atoms in total. The van der Waals surface area contributed by atoms with Crippen LogP contribution in [0.3, 0.4) is 0 Å². The average molecular weight is 346 g/mol. The highest BCUT2D eigenvalue weighted by Gasteiger charge is 2.62. The minimum absolute atomic E-state index is 0.0343. The van der Waals surface area contributed by atoms with E-state index in [2.05, 4.69) is 11.6 Å². The Labute approximate surface area is 143 Å². The van der Waals surface area contributed by atoms with Gasteiger partial charge in [-0.2, -0.15) is 0 Å². The molecule has 0 radical (unpaired) electrons. The second-order valence-corrected chi connectivity index (χ2v) is 6.33. The minimum atomic E-state index is -1.31. The Hall–Kier alpha value is -2.97. The van der Waals surface area contributed by atoms with E-state index in [1.807, 2.05) is 0 Å². The van der Waals surface area contributed by atoms with Crippen molar-refractivity contribution in [2.45, 2.75) is 6.54 Å². The lowest BCUT2D eigenvalue weighted by molar-refractivity contribution is -0.150. The number of carboxylic acids is 1. The molecular weight excluding hydrogens is 328 g/mol. The summed E-state index contributed by atoms with van der Waals surface area (Å²) in [5.41, 5.74) is -1.87. The Bertz CT molecular complexity index is 804. The number of nitrogens with zero attached hydrogens (tertiary/aromatic N) is 4. The van der Waals surface area contributed by atoms with Crippen molar-refractivity contribution in [2.75, 3.05) is 26.2 Å². The van der Waals surface area contributed by atoms with E-state index in [-0.39, 0.29) is 38.6 Å². The van der Waals surface area contributed by atoms with Gasteiger partial charge in [0.25, 0.3) is 0 Å². The lowest BCUT2D eigenvalue weighted by Crippen LogP contribution is -2.43. The topological polar surface area (TPSA) is 113 Å². The van der Waals surface area contributed by atoms with Crippen LogP contribution in [-0.2, 0) is 20.9 Å². The molecule has 1 N–H and O–H groups in total. The first-order valence-corrected chi connectivity index (χ1v) is 7.81. The summed E-state index contributed by atoms with van der Waals surface area (Å²) in [4.78, 5) is 54.8. The summed E-state index contributed by atoms with van der Waals surface area (Å²) in [6.07, 6.45) is 4.32. The first kappa shape index (κ1) is 16.9. The molecular formula is C16H18N4O5. The zero-order valence-corrected chi connectivity index (χ0v) is 13.5. The monoisotopic (exact) mass is 346 g/mol. The van der Waals surface area contributed by atoms with Gasteiger partial charge < -0.3 is 14.9 Å². The molecule has 2 aliphatic heterocycles. The number of fused-ring (bicyclic) bond motifs is 1. The van der Waals surface area contributed by atoms with E-state index in [1.54, 1.807) is 6.08 Å². The van der Waals surface area contributed by atoms with E-state index >= 15 is 0 Å². The highest BCUT2D eigenvalue weighted by molar-refractivity contribution is 5.94. The molecule has 2 aliphatic rings. The summed E-state index contributed by atoms with van der Waals surface area (Å²) < 4.78 is 1.15. The van der Waals surface area contributed by atoms with Crippen molar-refractivity contribution in [3.8, 4) is 0 Å². The van der Waals surface area contributed by atoms with Gasteiger partial charge in [0.05, 0.1) is 5.92 Å². The summed E-state index contributed by atoms with van der Waals surface area (Å²) in [5.74, 6) is -2.56. The third-order valence-corrected chi connectivity index (χ3v) is 4.84. The fourth-order valence-electron chi connectivity index (χ4n) is 3.56. The molecule has 0 bridgehead atoms. The third-order valence-electron chi connectivity index (χ3n) is 4.84. The fraction of sp³-hybridized carbons (Fsp3) is 0.438. The van der Waals surface area contributed by atoms with Crippen molar-refractivity contribution in [3.05, 3.63) is 41.6 Å². The van der Waals surface area contributed by atoms with Crippen LogP contribution >= 0.6 is 0 Å². The number of aromatic nitrogens is 2. The smallest absolute Gasteiger partial charge is 0.347 e. The predicted molar refractivity (Wildman–Crippen MR) is 85.4 cm³/mol. The van der Waals surface area contributed by atoms with Gasteiger partial charge >= 0.3 is 11.7 Å². The van der Waals surface area contributed by atoms with Crippen LogP contribution < -0.4 is 5.69 Å². The molecule has 2 atom stereocenters. The van der Waals surface area contributed by atoms with Crippen molar-refractivity contribution in [3.63, 3.8) is 0 Å². The summed E-state index contributed by atoms with van der Waals surface area (Å²) >= 11 is 0. The van der Waals surface area contributed by atoms with Crippen molar-refractivity contribution in [1.29, 1.82) is 0 Å². The van der Waals surface area contributed by atoms with Crippen LogP contribution in [0.2, 0.25) is 0 Å². The Morgan fingerprint density at radius 2 is 2.16 bits per heavy atom. The molecule has 0 unspecified atom stereocenters. The number of likely N-dealkylation sites (tertiary alicyclic amines) is 2. The molecule has 2 fully saturated rings. The largest absolute Gasteiger partial charge is 0.481 e. The summed E-state index contributed by atoms with van der Waals surface area (Å²) in [6, 6.07) is 1.53. The number of amides is 2. The molecule has 3 heterocycles. The minimum Gasteiger partial charge on any atom is -0.481 e. The van der Waals surface area contributed by atoms with Gasteiger partial charge in [0.2, 0.25) is 11.8 Å². The molecule has 1 aromatic heterocycles. The van der Waals surface area contributed by atoms with E-state index in [9.17, 15) is 24.3 Å². The quantitative estimate of drug-likeness (QED) is 0.670. The van der Waals surface area contributed by atoms with Gasteiger partial charge in [-0.05, 0) is 6.07 Å². The third kappa shape index (κ3) is 2.71. The molecule has 2 saturated heterocycles. The van der Waals surface area contributed by atoms with Gasteiger partial charge in [0, 0.05) is 38.6 Å². The summed E-state index contributed by atoms with van der Waals surface area (Å²) in [5, 5.41) is 9.70. The molecule has 0 saturated carbocycles. The van der Waals surface area contributed by atoms with Crippen LogP contribution in [-0.4, -0.2) is 68.4 Å². The zero-order valence-electron chi connectivity index (χ0n) is 13.5. The van der Waals surface area contributed by atoms with Gasteiger partial charge in [-0.25, -0.2) is 9.78 Å². The number of hydrogen-bond donors (Lipinski definition) is 1. The summed E-state index contributed by atoms with van der Waals surface area (Å²) in [7, 11) is 0. The van der Waals surface area contributed by atoms with Gasteiger partial charge in [-0.3, -0.25) is 19.0 Å². The molecule has 0 aromatic carbocycles. The standard InChI is InChI=1S/C16H18N4O5/c1-2-5-19-9-16(14(23)24)10-20(7-11(16)13(19)22)12(21)8-18-6-3-4-17-15(18)25/h2-4,6,11H,1,5,7-10H2,(H,23,24)/t11-,16+/m1/s1. The molecule has 132 valence electrons. The molecule has 1 aromatic rings. The second-order valence-electron chi connectivity index (χ2n) is 6.33. The predicted octanol–water partition coefficient (Wildman–Crippen LogP) is -1.20. The number of rotatable bonds is 5. The van der Waals surface area contributed by atoms with Gasteiger partial charge in [0.15, 0.2) is 0 Å². The first-order chi connectivity index (χ1) is 11.9. The zero-order chi connectivity index (χ0) is 18.2. The summed E-state index contributed by atoms with van der Waals surface area (Å²) in [6.45, 7) is 3.65. The van der Waals surface area contributed by atoms with Gasteiger partial charge in [-0.1, -0.05) is 6.08 Å². The van der Waals surface area contributed by atoms with E-state index < -0.39 is 28.9 Å². The van der Waals surface area contributed by atoms with E-state index in [4.69, 9.17) is 0 Å². The Kier molecular flexibility index (Phi) is 4.15. The van der Waals surface area contributed by atoms with Crippen LogP contribution in [0.4, 0.5) is 0 Å². The number of carbonyl (C=O) groups excluding carboxylic acids is 2. The van der Waals surface area contributed by atoms with E-state index in [0.29, 0.717) is 0 Å². The van der Waals surface area contributed by atoms with Crippen LogP contribution in [0.25, 0.3) is 0 Å². The molecule has 0 spiro atoms. The van der Waals surface area contributed by atoms with Crippen LogP contribution in [0.5, 0.6) is 0 Å². The molecule has 25 heavy (non-hydrogen) atoms. The van der Waals surface area contributed by atoms with Crippen molar-refractivity contribution in [1.82, 2.24) is 19.4 Å². The van der Waals surface area contributed by atoms with E-state index in [1.165, 1.54) is 28.3 Å². The maximum absolute atomic E-state index is 12.5. The van der Waals surface area contributed by atoms with Crippen LogP contribution in [0.15, 0.2) is 35.9 Å². The number of aliphatic carboxylic acids is 1. The van der Waals surface area contributed by atoms with Crippen molar-refractivity contribution < 1.29 is 19.5 Å². The van der Waals surface area contributed by atoms with Gasteiger partial charge in [-0.15, -0.1) is 6.58 Å². The Balaban J connectivity index is 1.80. The highest BCUT2D eigenvalue weighted by Crippen LogP contribution is 2.43. The van der Waals surface area contributed by atoms with Crippen LogP contribution in [0.1, 0.15) is 0 Å².